The molecule has 0 fully saturated rings. The average molecular weight is 507 g/mol. The molecular formula is C25H23ClN4O2SSi. The van der Waals surface area contributed by atoms with E-state index in [2.05, 4.69) is 30.1 Å². The van der Waals surface area contributed by atoms with Crippen LogP contribution in [0.15, 0.2) is 72.0 Å². The van der Waals surface area contributed by atoms with E-state index < -0.39 is 8.32 Å². The quantitative estimate of drug-likeness (QED) is 0.344. The number of aryl methyl sites for hydroxylation is 3. The molecule has 1 atom stereocenters. The highest BCUT2D eigenvalue weighted by molar-refractivity contribution is 7.15. The third-order valence-corrected chi connectivity index (χ3v) is 11.6. The fraction of sp³-hybridized carbons (Fsp3) is 0.160. The molecule has 4 heterocycles. The van der Waals surface area contributed by atoms with Crippen molar-refractivity contribution >= 4 is 58.0 Å². The van der Waals surface area contributed by atoms with Crippen molar-refractivity contribution in [1.82, 2.24) is 19.1 Å². The second kappa shape index (κ2) is 8.63. The molecule has 0 N–H and O–H groups in total. The molecule has 0 aliphatic carbocycles. The maximum Gasteiger partial charge on any atom is 0.307 e. The maximum absolute atomic E-state index is 12.7. The number of benzene rings is 1. The number of halogens is 1. The number of imidazole rings is 1. The number of fused-ring (bicyclic) bond motifs is 1. The van der Waals surface area contributed by atoms with Crippen molar-refractivity contribution in [3.05, 3.63) is 87.5 Å². The van der Waals surface area contributed by atoms with Gasteiger partial charge in [-0.25, -0.2) is 9.97 Å². The summed E-state index contributed by atoms with van der Waals surface area (Å²) in [6.45, 7) is 2.06. The Morgan fingerprint density at radius 1 is 1.03 bits per heavy atom. The number of thiophene rings is 1. The van der Waals surface area contributed by atoms with Crippen LogP contribution in [0, 0.1) is 6.92 Å². The molecule has 1 aromatic carbocycles. The highest BCUT2D eigenvalue weighted by Crippen LogP contribution is 2.31. The molecule has 34 heavy (non-hydrogen) atoms. The number of nitrogens with zero attached hydrogens (tertiary/aromatic N) is 4. The standard InChI is InChI=1S/C25H23ClN4O2SSi/c1-16-5-10-22(33-16)20-12-23(31)30(3)25-21(20)11-19(13-28-25)34(32-4,24-14-27-15-29(24)2)18-8-6-17(26)7-9-18/h5-15H,1-4H3/t34-/m1/s1. The first-order chi connectivity index (χ1) is 16.3. The van der Waals surface area contributed by atoms with Gasteiger partial charge in [0, 0.05) is 65.4 Å². The van der Waals surface area contributed by atoms with Crippen LogP contribution in [0.25, 0.3) is 21.5 Å². The molecule has 0 spiro atoms. The molecule has 0 radical (unpaired) electrons. The van der Waals surface area contributed by atoms with Crippen molar-refractivity contribution in [3.8, 4) is 10.4 Å². The Morgan fingerprint density at radius 2 is 1.79 bits per heavy atom. The van der Waals surface area contributed by atoms with Crippen LogP contribution >= 0.6 is 22.9 Å². The molecule has 0 saturated carbocycles. The predicted octanol–water partition coefficient (Wildman–Crippen LogP) is 2.97. The molecule has 0 bridgehead atoms. The van der Waals surface area contributed by atoms with Crippen LogP contribution in [0.1, 0.15) is 4.88 Å². The Balaban J connectivity index is 1.86. The van der Waals surface area contributed by atoms with Crippen molar-refractivity contribution in [2.75, 3.05) is 7.11 Å². The summed E-state index contributed by atoms with van der Waals surface area (Å²) < 4.78 is 10.0. The van der Waals surface area contributed by atoms with Gasteiger partial charge in [-0.1, -0.05) is 23.7 Å². The van der Waals surface area contributed by atoms with Crippen LogP contribution < -0.4 is 21.2 Å². The monoisotopic (exact) mass is 506 g/mol. The summed E-state index contributed by atoms with van der Waals surface area (Å²) in [5.41, 5.74) is 1.43. The number of hydrogen-bond acceptors (Lipinski definition) is 5. The predicted molar refractivity (Wildman–Crippen MR) is 141 cm³/mol. The summed E-state index contributed by atoms with van der Waals surface area (Å²) in [5, 5.41) is 4.54. The summed E-state index contributed by atoms with van der Waals surface area (Å²) in [6, 6.07) is 15.7. The number of hydrogen-bond donors (Lipinski definition) is 0. The maximum atomic E-state index is 12.7. The van der Waals surface area contributed by atoms with E-state index in [1.54, 1.807) is 42.5 Å². The number of pyridine rings is 2. The zero-order chi connectivity index (χ0) is 24.0. The van der Waals surface area contributed by atoms with Gasteiger partial charge in [-0.2, -0.15) is 0 Å². The first kappa shape index (κ1) is 22.7. The largest absolute Gasteiger partial charge is 0.407 e. The molecule has 172 valence electrons. The van der Waals surface area contributed by atoms with Crippen LogP contribution in [-0.2, 0) is 18.5 Å². The summed E-state index contributed by atoms with van der Waals surface area (Å²) in [5.74, 6) is 0. The minimum atomic E-state index is -2.98. The summed E-state index contributed by atoms with van der Waals surface area (Å²) >= 11 is 7.88. The Labute approximate surface area is 207 Å². The summed E-state index contributed by atoms with van der Waals surface area (Å²) in [7, 11) is 2.48. The third kappa shape index (κ3) is 3.54. The Kier molecular flexibility index (Phi) is 5.77. The van der Waals surface area contributed by atoms with Crippen LogP contribution in [0.3, 0.4) is 0 Å². The topological polar surface area (TPSA) is 61.9 Å². The first-order valence-corrected chi connectivity index (χ1v) is 13.8. The van der Waals surface area contributed by atoms with E-state index in [0.29, 0.717) is 10.7 Å². The Morgan fingerprint density at radius 3 is 2.41 bits per heavy atom. The van der Waals surface area contributed by atoms with Crippen LogP contribution in [-0.4, -0.2) is 34.5 Å². The molecule has 0 saturated heterocycles. The van der Waals surface area contributed by atoms with Gasteiger partial charge < -0.3 is 8.99 Å². The molecule has 5 aromatic rings. The van der Waals surface area contributed by atoms with Crippen LogP contribution in [0.5, 0.6) is 0 Å². The molecule has 5 rings (SSSR count). The van der Waals surface area contributed by atoms with Crippen molar-refractivity contribution in [2.45, 2.75) is 6.92 Å². The normalized spacial score (nSPS) is 13.3. The van der Waals surface area contributed by atoms with Gasteiger partial charge in [-0.05, 0) is 47.6 Å². The summed E-state index contributed by atoms with van der Waals surface area (Å²) in [6.07, 6.45) is 5.48. The molecule has 6 nitrogen and oxygen atoms in total. The molecule has 0 unspecified atom stereocenters. The average Bonchev–Trinajstić information content (AvgIpc) is 3.46. The van der Waals surface area contributed by atoms with Crippen molar-refractivity contribution in [1.29, 1.82) is 0 Å². The van der Waals surface area contributed by atoms with E-state index in [1.807, 2.05) is 48.3 Å². The van der Waals surface area contributed by atoms with E-state index in [4.69, 9.17) is 21.0 Å². The van der Waals surface area contributed by atoms with Crippen LogP contribution in [0.2, 0.25) is 5.02 Å². The molecule has 0 aliphatic heterocycles. The number of aromatic nitrogens is 4. The lowest BCUT2D eigenvalue weighted by Gasteiger charge is -2.31. The first-order valence-electron chi connectivity index (χ1n) is 10.7. The van der Waals surface area contributed by atoms with Gasteiger partial charge in [0.2, 0.25) is 0 Å². The molecular weight excluding hydrogens is 484 g/mol. The second-order valence-electron chi connectivity index (χ2n) is 8.24. The minimum absolute atomic E-state index is 0.0895. The molecule has 0 aliphatic rings. The van der Waals surface area contributed by atoms with Crippen LogP contribution in [0.4, 0.5) is 0 Å². The van der Waals surface area contributed by atoms with Crippen molar-refractivity contribution in [3.63, 3.8) is 0 Å². The van der Waals surface area contributed by atoms with Gasteiger partial charge >= 0.3 is 8.32 Å². The fourth-order valence-corrected chi connectivity index (χ4v) is 9.15. The zero-order valence-corrected chi connectivity index (χ0v) is 21.8. The zero-order valence-electron chi connectivity index (χ0n) is 19.2. The van der Waals surface area contributed by atoms with Gasteiger partial charge in [0.1, 0.15) is 5.65 Å². The molecule has 4 aromatic heterocycles. The molecule has 0 amide bonds. The van der Waals surface area contributed by atoms with Crippen molar-refractivity contribution in [2.24, 2.45) is 14.1 Å². The highest BCUT2D eigenvalue weighted by atomic mass is 35.5. The van der Waals surface area contributed by atoms with Gasteiger partial charge in [-0.15, -0.1) is 11.3 Å². The SMILES string of the molecule is CO[Si@](c1ccc(Cl)cc1)(c1cnc2c(c1)c(-c1ccc(C)s1)cc(=O)n2C)c1cncn1C. The van der Waals surface area contributed by atoms with Gasteiger partial charge in [0.25, 0.3) is 5.56 Å². The van der Waals surface area contributed by atoms with Crippen molar-refractivity contribution < 1.29 is 4.43 Å². The Bertz CT molecular complexity index is 1570. The lowest BCUT2D eigenvalue weighted by atomic mass is 10.1. The van der Waals surface area contributed by atoms with Gasteiger partial charge in [0.05, 0.1) is 11.6 Å². The summed E-state index contributed by atoms with van der Waals surface area (Å²) in [4.78, 5) is 24.2. The minimum Gasteiger partial charge on any atom is -0.407 e. The fourth-order valence-electron chi connectivity index (χ4n) is 4.48. The van der Waals surface area contributed by atoms with E-state index in [0.717, 1.165) is 31.5 Å². The van der Waals surface area contributed by atoms with E-state index in [-0.39, 0.29) is 5.56 Å². The Hall–Kier alpha value is -3.04. The van der Waals surface area contributed by atoms with Gasteiger partial charge in [0.15, 0.2) is 0 Å². The van der Waals surface area contributed by atoms with E-state index >= 15 is 0 Å². The highest BCUT2D eigenvalue weighted by Gasteiger charge is 2.44. The molecule has 9 heteroatoms. The number of rotatable bonds is 5. The smallest absolute Gasteiger partial charge is 0.307 e. The second-order valence-corrected chi connectivity index (χ2v) is 13.4. The third-order valence-electron chi connectivity index (χ3n) is 6.22. The lowest BCUT2D eigenvalue weighted by Crippen LogP contribution is -2.70. The van der Waals surface area contributed by atoms with Gasteiger partial charge in [-0.3, -0.25) is 9.36 Å². The van der Waals surface area contributed by atoms with E-state index in [1.165, 1.54) is 4.88 Å². The van der Waals surface area contributed by atoms with E-state index in [9.17, 15) is 4.79 Å². The lowest BCUT2D eigenvalue weighted by molar-refractivity contribution is 0.425.